The second-order valence-corrected chi connectivity index (χ2v) is 42.0. The van der Waals surface area contributed by atoms with Gasteiger partial charge in [0.25, 0.3) is 0 Å². The van der Waals surface area contributed by atoms with Crippen LogP contribution in [-0.4, -0.2) is 47.8 Å². The Morgan fingerprint density at radius 2 is 0.736 bits per heavy atom. The summed E-state index contributed by atoms with van der Waals surface area (Å²) in [5.41, 5.74) is 21.1. The van der Waals surface area contributed by atoms with Gasteiger partial charge in [-0.15, -0.1) is 0 Å². The van der Waals surface area contributed by atoms with Crippen LogP contribution in [-0.2, 0) is 10.8 Å². The summed E-state index contributed by atoms with van der Waals surface area (Å²) in [6.07, 6.45) is 14.9. The Hall–Kier alpha value is -5.77. The van der Waals surface area contributed by atoms with E-state index in [9.17, 15) is 0 Å². The van der Waals surface area contributed by atoms with Crippen LogP contribution in [0, 0.1) is 29.6 Å². The lowest BCUT2D eigenvalue weighted by Crippen LogP contribution is -2.67. The van der Waals surface area contributed by atoms with E-state index in [4.69, 9.17) is 0 Å². The minimum Gasteiger partial charge on any atom is -0.314 e. The first-order valence-electron chi connectivity index (χ1n) is 33.2. The van der Waals surface area contributed by atoms with Crippen molar-refractivity contribution < 1.29 is 0 Å². The van der Waals surface area contributed by atoms with E-state index in [1.807, 2.05) is 0 Å². The first-order valence-corrected chi connectivity index (χ1v) is 39.3. The normalized spacial score (nSPS) is 23.6. The number of allylic oxidation sites excluding steroid dienone is 8. The van der Waals surface area contributed by atoms with Crippen LogP contribution < -0.4 is 9.80 Å². The zero-order valence-electron chi connectivity index (χ0n) is 57.3. The first-order chi connectivity index (χ1) is 40.6. The molecule has 7 atom stereocenters. The molecule has 0 radical (unpaired) electrons. The largest absolute Gasteiger partial charge is 0.314 e. The van der Waals surface area contributed by atoms with E-state index in [0.717, 1.165) is 17.0 Å². The second kappa shape index (κ2) is 22.3. The van der Waals surface area contributed by atoms with E-state index < -0.39 is 16.5 Å². The van der Waals surface area contributed by atoms with Crippen LogP contribution in [0.15, 0.2) is 193 Å². The molecule has 6 aliphatic rings. The van der Waals surface area contributed by atoms with Crippen LogP contribution >= 0.6 is 0 Å². The van der Waals surface area contributed by atoms with Gasteiger partial charge in [-0.2, -0.15) is 0 Å². The van der Waals surface area contributed by atoms with E-state index >= 15 is 0 Å². The van der Waals surface area contributed by atoms with Crippen molar-refractivity contribution in [2.24, 2.45) is 29.6 Å². The molecule has 6 aromatic carbocycles. The molecule has 6 aromatic rings. The third-order valence-electron chi connectivity index (χ3n) is 21.4. The quantitative estimate of drug-likeness (QED) is 0.127. The van der Waals surface area contributed by atoms with Crippen LogP contribution in [0.2, 0.25) is 37.3 Å². The predicted molar refractivity (Wildman–Crippen MR) is 383 cm³/mol. The summed E-state index contributed by atoms with van der Waals surface area (Å²) in [7, 11) is -3.65. The lowest BCUT2D eigenvalue weighted by atomic mass is 9.76. The van der Waals surface area contributed by atoms with Gasteiger partial charge in [0.1, 0.15) is 16.5 Å². The molecule has 0 aromatic heterocycles. The molecule has 4 nitrogen and oxygen atoms in total. The van der Waals surface area contributed by atoms with E-state index in [1.165, 1.54) is 86.8 Å². The number of nitrogens with zero attached hydrogens (tertiary/aromatic N) is 4. The standard InChI is InChI=1S/C41H54N2Si.C40H52N2Si/c1-28-24-29-25-35-33-23-22-32(42(30-18-14-12-15-19-30)31-20-16-13-17-21-31)26-36(33)41(8,9)37(35)27-34(29)38(28)44(10,11)43(39(2,3)4)40(5,6)7;1-38(2,3)42(39(4,5)6)43(9,10)37-24-21-28-25-34-32-23-22-31(26-35(32)40(7,8)36(34)27-33(28)37)41(29-17-13-11-14-18-29)30-19-15-12-16-20-30/h12-23,25-29,34,38H,24H2,1-11H3;11-20,22-23,25-28,33,37H,21,24H2,1-10H3. The van der Waals surface area contributed by atoms with Crippen LogP contribution in [0.5, 0.6) is 0 Å². The van der Waals surface area contributed by atoms with E-state index in [0.29, 0.717) is 23.7 Å². The van der Waals surface area contributed by atoms with Crippen molar-refractivity contribution in [3.8, 4) is 0 Å². The Balaban J connectivity index is 0.000000180. The van der Waals surface area contributed by atoms with Crippen molar-refractivity contribution in [1.29, 1.82) is 0 Å². The molecule has 6 aliphatic carbocycles. The molecule has 0 amide bonds. The Labute approximate surface area is 529 Å². The van der Waals surface area contributed by atoms with Crippen molar-refractivity contribution >= 4 is 61.7 Å². The van der Waals surface area contributed by atoms with Gasteiger partial charge in [0.15, 0.2) is 0 Å². The fourth-order valence-electron chi connectivity index (χ4n) is 20.1. The maximum absolute atomic E-state index is 2.96. The van der Waals surface area contributed by atoms with Gasteiger partial charge in [-0.1, -0.05) is 176 Å². The number of hydrogen-bond donors (Lipinski definition) is 0. The maximum atomic E-state index is 2.96. The molecule has 2 fully saturated rings. The first kappa shape index (κ1) is 62.8. The number of fused-ring (bicyclic) bond motifs is 8. The van der Waals surface area contributed by atoms with E-state index in [-0.39, 0.29) is 33.0 Å². The van der Waals surface area contributed by atoms with Crippen LogP contribution in [0.1, 0.15) is 159 Å². The number of para-hydroxylation sites is 4. The predicted octanol–water partition coefficient (Wildman–Crippen LogP) is 22.8. The van der Waals surface area contributed by atoms with Gasteiger partial charge in [0, 0.05) is 67.1 Å². The van der Waals surface area contributed by atoms with Gasteiger partial charge in [-0.3, -0.25) is 0 Å². The zero-order valence-corrected chi connectivity index (χ0v) is 59.3. The average Bonchev–Trinajstić information content (AvgIpc) is 1.60. The smallest absolute Gasteiger partial charge is 0.127 e. The van der Waals surface area contributed by atoms with Gasteiger partial charge in [-0.05, 0) is 254 Å². The average molecular weight is 1190 g/mol. The Morgan fingerprint density at radius 3 is 1.10 bits per heavy atom. The summed E-state index contributed by atoms with van der Waals surface area (Å²) in [5, 5.41) is 0. The third-order valence-corrected chi connectivity index (χ3v) is 31.5. The molecular formula is C81H106N4Si2. The van der Waals surface area contributed by atoms with Crippen LogP contribution in [0.4, 0.5) is 34.1 Å². The third kappa shape index (κ3) is 11.2. The molecule has 6 heteroatoms. The second-order valence-electron chi connectivity index (χ2n) is 33.1. The summed E-state index contributed by atoms with van der Waals surface area (Å²) < 4.78 is 5.90. The highest BCUT2D eigenvalue weighted by Gasteiger charge is 2.58. The number of rotatable bonds is 10. The van der Waals surface area contributed by atoms with Gasteiger partial charge in [0.05, 0.1) is 0 Å². The van der Waals surface area contributed by atoms with Gasteiger partial charge >= 0.3 is 0 Å². The van der Waals surface area contributed by atoms with Gasteiger partial charge in [0.2, 0.25) is 0 Å². The zero-order chi connectivity index (χ0) is 62.8. The number of hydrogen-bond acceptors (Lipinski definition) is 4. The Morgan fingerprint density at radius 1 is 0.391 bits per heavy atom. The summed E-state index contributed by atoms with van der Waals surface area (Å²) in [6, 6.07) is 57.6. The molecule has 0 N–H and O–H groups in total. The van der Waals surface area contributed by atoms with E-state index in [2.05, 4.69) is 345 Å². The molecule has 12 rings (SSSR count). The fourth-order valence-corrected chi connectivity index (χ4v) is 32.6. The molecule has 2 saturated carbocycles. The van der Waals surface area contributed by atoms with Gasteiger partial charge in [-0.25, -0.2) is 0 Å². The molecule has 0 bridgehead atoms. The number of anilines is 6. The monoisotopic (exact) mass is 1190 g/mol. The minimum absolute atomic E-state index is 0.0340. The van der Waals surface area contributed by atoms with Crippen LogP contribution in [0.25, 0.3) is 11.1 Å². The van der Waals surface area contributed by atoms with Gasteiger partial charge < -0.3 is 18.9 Å². The molecule has 87 heavy (non-hydrogen) atoms. The molecular weight excluding hydrogens is 1090 g/mol. The molecule has 458 valence electrons. The highest BCUT2D eigenvalue weighted by Crippen LogP contribution is 2.63. The summed E-state index contributed by atoms with van der Waals surface area (Å²) in [4.78, 5) is 4.79. The topological polar surface area (TPSA) is 13.0 Å². The molecule has 0 aliphatic heterocycles. The lowest BCUT2D eigenvalue weighted by Gasteiger charge is -2.57. The van der Waals surface area contributed by atoms with Crippen molar-refractivity contribution in [2.45, 2.75) is 207 Å². The van der Waals surface area contributed by atoms with Crippen molar-refractivity contribution in [2.75, 3.05) is 9.80 Å². The summed E-state index contributed by atoms with van der Waals surface area (Å²) in [5.74, 6) is 3.22. The van der Waals surface area contributed by atoms with Crippen molar-refractivity contribution in [1.82, 2.24) is 9.13 Å². The fraction of sp³-hybridized carbons (Fsp3) is 0.457. The molecule has 0 spiro atoms. The van der Waals surface area contributed by atoms with Crippen LogP contribution in [0.3, 0.4) is 0 Å². The molecule has 7 unspecified atom stereocenters. The van der Waals surface area contributed by atoms with E-state index in [1.54, 1.807) is 11.1 Å². The lowest BCUT2D eigenvalue weighted by molar-refractivity contribution is 0.121. The number of benzene rings is 6. The highest BCUT2D eigenvalue weighted by atomic mass is 28.3. The molecule has 0 saturated heterocycles. The Bertz CT molecular complexity index is 3510. The van der Waals surface area contributed by atoms with Crippen molar-refractivity contribution in [3.05, 3.63) is 215 Å². The highest BCUT2D eigenvalue weighted by molar-refractivity contribution is 6.77. The SMILES string of the molecule is CC1(C)C2=CC3C(C=C2c2ccc(N(c4ccccc4)c4ccccc4)cc21)CCC3[Si](C)(C)N(C(C)(C)C)C(C)(C)C.CC1CC2C=C3C(=CC2C1[Si](C)(C)N(C(C)(C)C)C(C)(C)C)C(C)(C)c1cc(N(c2ccccc2)c2ccccc2)ccc13. The molecule has 0 heterocycles. The maximum Gasteiger partial charge on any atom is 0.127 e. The van der Waals surface area contributed by atoms with Crippen molar-refractivity contribution in [3.63, 3.8) is 0 Å². The summed E-state index contributed by atoms with van der Waals surface area (Å²) in [6.45, 7) is 52.3. The summed E-state index contributed by atoms with van der Waals surface area (Å²) >= 11 is 0. The minimum atomic E-state index is -1.86. The Kier molecular flexibility index (Phi) is 16.1.